The van der Waals surface area contributed by atoms with Crippen LogP contribution in [0.5, 0.6) is 0 Å². The molecule has 0 aromatic carbocycles. The highest BCUT2D eigenvalue weighted by Gasteiger charge is 2.54. The van der Waals surface area contributed by atoms with E-state index in [4.69, 9.17) is 9.47 Å². The van der Waals surface area contributed by atoms with Gasteiger partial charge in [0.2, 0.25) is 11.8 Å². The van der Waals surface area contributed by atoms with Crippen molar-refractivity contribution in [1.29, 1.82) is 0 Å². The molecule has 0 saturated heterocycles. The lowest BCUT2D eigenvalue weighted by Crippen LogP contribution is -2.55. The lowest BCUT2D eigenvalue weighted by molar-refractivity contribution is -0.143. The summed E-state index contributed by atoms with van der Waals surface area (Å²) in [7, 11) is 5.90. The number of amides is 4. The van der Waals surface area contributed by atoms with Gasteiger partial charge < -0.3 is 20.1 Å². The van der Waals surface area contributed by atoms with Gasteiger partial charge in [0, 0.05) is 49.4 Å². The molecule has 4 bridgehead atoms. The Morgan fingerprint density at radius 3 is 1.40 bits per heavy atom. The first kappa shape index (κ1) is 46.8. The van der Waals surface area contributed by atoms with Gasteiger partial charge in [-0.1, -0.05) is 75.9 Å². The van der Waals surface area contributed by atoms with E-state index in [1.54, 1.807) is 38.4 Å². The van der Waals surface area contributed by atoms with E-state index in [1.807, 2.05) is 27.7 Å². The molecule has 324 valence electrons. The topological polar surface area (TPSA) is 166 Å². The molecule has 8 unspecified atom stereocenters. The van der Waals surface area contributed by atoms with Crippen LogP contribution in [0.2, 0.25) is 0 Å². The van der Waals surface area contributed by atoms with Gasteiger partial charge in [-0.25, -0.2) is 30.5 Å². The summed E-state index contributed by atoms with van der Waals surface area (Å²) in [5.41, 5.74) is 8.63. The second-order valence-corrected chi connectivity index (χ2v) is 16.4. The summed E-state index contributed by atoms with van der Waals surface area (Å²) in [6.45, 7) is 32.5. The van der Waals surface area contributed by atoms with Crippen molar-refractivity contribution in [1.82, 2.24) is 31.5 Å². The molecule has 4 N–H and O–H groups in total. The number of hydrogen-bond donors (Lipinski definition) is 4. The Balaban J connectivity index is 1.35. The molecule has 14 nitrogen and oxygen atoms in total. The van der Waals surface area contributed by atoms with E-state index in [1.165, 1.54) is 24.2 Å². The Bertz CT molecular complexity index is 1940. The average Bonchev–Trinajstić information content (AvgIpc) is 4.05. The summed E-state index contributed by atoms with van der Waals surface area (Å²) in [5.74, 6) is 0.188. The van der Waals surface area contributed by atoms with E-state index >= 15 is 0 Å². The maximum atomic E-state index is 14.0. The second kappa shape index (κ2) is 20.4. The molecule has 4 aliphatic carbocycles. The highest BCUT2D eigenvalue weighted by Crippen LogP contribution is 2.53. The van der Waals surface area contributed by atoms with Crippen LogP contribution in [0.3, 0.4) is 0 Å². The largest absolute Gasteiger partial charge is 0.452 e. The molecule has 14 heteroatoms. The van der Waals surface area contributed by atoms with Crippen LogP contribution >= 0.6 is 0 Å². The Morgan fingerprint density at radius 2 is 0.983 bits per heavy atom. The lowest BCUT2D eigenvalue weighted by atomic mass is 9.77. The number of fused-ring (bicyclic) bond motifs is 4. The molecule has 0 aromatic rings. The third-order valence-electron chi connectivity index (χ3n) is 12.1. The Labute approximate surface area is 355 Å². The van der Waals surface area contributed by atoms with Crippen LogP contribution in [0.1, 0.15) is 53.4 Å². The van der Waals surface area contributed by atoms with E-state index < -0.39 is 18.1 Å². The first-order valence-corrected chi connectivity index (χ1v) is 20.4. The van der Waals surface area contributed by atoms with Crippen LogP contribution in [0, 0.1) is 47.3 Å². The summed E-state index contributed by atoms with van der Waals surface area (Å²) >= 11 is 0. The number of allylic oxidation sites excluding steroid dienone is 8. The highest BCUT2D eigenvalue weighted by atomic mass is 16.5. The minimum absolute atomic E-state index is 0.000917. The monoisotopic (exact) mass is 824 g/mol. The summed E-state index contributed by atoms with van der Waals surface area (Å²) in [4.78, 5) is 61.2. The zero-order valence-corrected chi connectivity index (χ0v) is 36.5. The smallest absolute Gasteiger partial charge is 0.425 e. The van der Waals surface area contributed by atoms with E-state index in [-0.39, 0.29) is 65.3 Å². The third-order valence-corrected chi connectivity index (χ3v) is 12.1. The normalized spacial score (nSPS) is 25.4. The van der Waals surface area contributed by atoms with Crippen molar-refractivity contribution in [3.63, 3.8) is 0 Å². The second-order valence-electron chi connectivity index (χ2n) is 16.4. The summed E-state index contributed by atoms with van der Waals surface area (Å²) < 4.78 is 9.54. The van der Waals surface area contributed by atoms with Crippen molar-refractivity contribution in [2.24, 2.45) is 57.3 Å². The zero-order valence-electron chi connectivity index (χ0n) is 36.5. The molecule has 0 radical (unpaired) electrons. The maximum absolute atomic E-state index is 14.0. The number of nitrogens with zero attached hydrogens (tertiary/aromatic N) is 4. The van der Waals surface area contributed by atoms with Gasteiger partial charge in [-0.15, -0.1) is 0 Å². The molecule has 4 aliphatic rings. The predicted octanol–water partition coefficient (Wildman–Crippen LogP) is 6.70. The quantitative estimate of drug-likeness (QED) is 0.0466. The molecular formula is C46H64N8O6. The molecule has 4 amide bonds. The van der Waals surface area contributed by atoms with E-state index in [2.05, 4.69) is 83.1 Å². The van der Waals surface area contributed by atoms with E-state index in [0.29, 0.717) is 45.4 Å². The molecule has 0 aliphatic heterocycles. The zero-order chi connectivity index (χ0) is 44.6. The van der Waals surface area contributed by atoms with Crippen LogP contribution < -0.4 is 21.5 Å². The van der Waals surface area contributed by atoms with Crippen molar-refractivity contribution in [3.8, 4) is 0 Å². The van der Waals surface area contributed by atoms with Crippen LogP contribution in [0.15, 0.2) is 120 Å². The van der Waals surface area contributed by atoms with Gasteiger partial charge in [0.05, 0.1) is 26.1 Å². The number of nitrogens with one attached hydrogen (secondary N) is 4. The number of amidine groups is 2. The molecular weight excluding hydrogens is 761 g/mol. The predicted molar refractivity (Wildman–Crippen MR) is 237 cm³/mol. The van der Waals surface area contributed by atoms with Crippen molar-refractivity contribution in [2.75, 3.05) is 28.3 Å². The van der Waals surface area contributed by atoms with Gasteiger partial charge in [0.15, 0.2) is 0 Å². The van der Waals surface area contributed by atoms with Crippen molar-refractivity contribution < 1.29 is 28.7 Å². The number of ether oxygens (including phenoxy) is 2. The molecule has 3 fully saturated rings. The van der Waals surface area contributed by atoms with Gasteiger partial charge in [-0.3, -0.25) is 19.6 Å². The molecule has 8 atom stereocenters. The number of rotatable bonds is 15. The van der Waals surface area contributed by atoms with Gasteiger partial charge in [-0.2, -0.15) is 0 Å². The summed E-state index contributed by atoms with van der Waals surface area (Å²) in [6.07, 6.45) is 13.6. The molecule has 0 aromatic heterocycles. The Morgan fingerprint density at radius 1 is 0.600 bits per heavy atom. The third kappa shape index (κ3) is 10.4. The van der Waals surface area contributed by atoms with Crippen molar-refractivity contribution >= 4 is 35.7 Å². The van der Waals surface area contributed by atoms with Crippen LogP contribution in [-0.2, 0) is 19.1 Å². The van der Waals surface area contributed by atoms with E-state index in [9.17, 15) is 19.2 Å². The average molecular weight is 825 g/mol. The van der Waals surface area contributed by atoms with Crippen LogP contribution in [0.4, 0.5) is 9.59 Å². The van der Waals surface area contributed by atoms with Crippen molar-refractivity contribution in [2.45, 2.75) is 65.5 Å². The van der Waals surface area contributed by atoms with E-state index in [0.717, 1.165) is 25.7 Å². The van der Waals surface area contributed by atoms with Crippen LogP contribution in [0.25, 0.3) is 0 Å². The standard InChI is InChI=1S/C46H64N8O6/c1-25(2)53(51-45(57)59-13)43(55)39-35-21-19-33(23-35)37(39)41(47-11)49-31(9)29(7)17-15-27(5)28(6)16-18-30(8)32(10)50-42(48-12)38-34-20-22-36(24-34)40(38)44(56)54(26(3)4)52-46(58)60-14/h15-19,21,25-26,33-40H,5-10,20,22-24H2,1-4,11-14H3,(H,47,49)(H,48,50)(H,51,57)(H,52,58)/b17-15-,18-16-. The first-order chi connectivity index (χ1) is 28.4. The SMILES string of the molecule is C=C(/C=C\C(=C)C(=C)NC(=NC)C1C2C=CC(C2)C1C(=O)N(NC(=O)OC)C(C)C)C(=C)/C=C\C(=C)C(=C)NC(=NC)C1C2CCC(C2)C1C(=O)N(NC(=O)OC)C(C)C. The fourth-order valence-corrected chi connectivity index (χ4v) is 8.92. The number of methoxy groups -OCH3 is 2. The Hall–Kier alpha value is -5.92. The summed E-state index contributed by atoms with van der Waals surface area (Å²) in [5, 5.41) is 9.38. The van der Waals surface area contributed by atoms with Gasteiger partial charge in [0.1, 0.15) is 11.7 Å². The Kier molecular flexibility index (Phi) is 15.9. The number of aliphatic imine (C=N–C) groups is 2. The highest BCUT2D eigenvalue weighted by molar-refractivity contribution is 5.95. The fourth-order valence-electron chi connectivity index (χ4n) is 8.92. The molecule has 4 rings (SSSR count). The van der Waals surface area contributed by atoms with Crippen LogP contribution in [-0.4, -0.2) is 86.1 Å². The van der Waals surface area contributed by atoms with Crippen molar-refractivity contribution in [3.05, 3.63) is 110 Å². The number of carbonyl (C=O) groups excluding carboxylic acids is 4. The minimum atomic E-state index is -0.711. The summed E-state index contributed by atoms with van der Waals surface area (Å²) in [6, 6.07) is -0.571. The van der Waals surface area contributed by atoms with Gasteiger partial charge in [-0.05, 0) is 99.3 Å². The molecule has 0 heterocycles. The minimum Gasteiger partial charge on any atom is -0.452 e. The number of hydrogen-bond acceptors (Lipinski definition) is 8. The van der Waals surface area contributed by atoms with Gasteiger partial charge in [0.25, 0.3) is 0 Å². The number of hydrazine groups is 2. The molecule has 60 heavy (non-hydrogen) atoms. The van der Waals surface area contributed by atoms with Gasteiger partial charge >= 0.3 is 12.2 Å². The molecule has 0 spiro atoms. The lowest BCUT2D eigenvalue weighted by Gasteiger charge is -2.36. The first-order valence-electron chi connectivity index (χ1n) is 20.4. The maximum Gasteiger partial charge on any atom is 0.425 e. The number of carbonyl (C=O) groups is 4. The molecule has 3 saturated carbocycles. The fraction of sp³-hybridized carbons (Fsp3) is 0.478.